The summed E-state index contributed by atoms with van der Waals surface area (Å²) in [5.41, 5.74) is 2.89. The summed E-state index contributed by atoms with van der Waals surface area (Å²) in [4.78, 5) is 26.6. The van der Waals surface area contributed by atoms with E-state index >= 15 is 0 Å². The Morgan fingerprint density at radius 1 is 1.39 bits per heavy atom. The lowest BCUT2D eigenvalue weighted by molar-refractivity contribution is -0.129. The Bertz CT molecular complexity index is 429. The molecule has 0 unspecified atom stereocenters. The lowest BCUT2D eigenvalue weighted by Crippen LogP contribution is -2.34. The SMILES string of the molecule is CC(C)NC(=O)CC(=O)N/N=C/c1ccccn1. The zero-order valence-electron chi connectivity index (χ0n) is 10.4. The average Bonchev–Trinajstić information content (AvgIpc) is 2.29. The van der Waals surface area contributed by atoms with E-state index in [-0.39, 0.29) is 18.4 Å². The molecule has 0 radical (unpaired) electrons. The summed E-state index contributed by atoms with van der Waals surface area (Å²) in [5, 5.41) is 6.32. The highest BCUT2D eigenvalue weighted by atomic mass is 16.2. The molecule has 0 fully saturated rings. The first-order valence-corrected chi connectivity index (χ1v) is 5.60. The Morgan fingerprint density at radius 3 is 2.78 bits per heavy atom. The molecule has 0 bridgehead atoms. The fraction of sp³-hybridized carbons (Fsp3) is 0.333. The van der Waals surface area contributed by atoms with Crippen molar-refractivity contribution in [3.8, 4) is 0 Å². The molecule has 2 N–H and O–H groups in total. The second-order valence-corrected chi connectivity index (χ2v) is 3.95. The minimum atomic E-state index is -0.458. The van der Waals surface area contributed by atoms with Crippen molar-refractivity contribution in [1.82, 2.24) is 15.7 Å². The van der Waals surface area contributed by atoms with E-state index in [0.717, 1.165) is 0 Å². The molecule has 0 spiro atoms. The normalized spacial score (nSPS) is 10.6. The third-order valence-electron chi connectivity index (χ3n) is 1.84. The number of carbonyl (C=O) groups excluding carboxylic acids is 2. The van der Waals surface area contributed by atoms with Gasteiger partial charge in [0.25, 0.3) is 0 Å². The third kappa shape index (κ3) is 5.74. The maximum atomic E-state index is 11.3. The lowest BCUT2D eigenvalue weighted by atomic mass is 10.3. The minimum absolute atomic E-state index is 0.0160. The minimum Gasteiger partial charge on any atom is -0.353 e. The van der Waals surface area contributed by atoms with Gasteiger partial charge in [-0.3, -0.25) is 14.6 Å². The van der Waals surface area contributed by atoms with Gasteiger partial charge in [-0.15, -0.1) is 0 Å². The van der Waals surface area contributed by atoms with Gasteiger partial charge >= 0.3 is 0 Å². The molecule has 2 amide bonds. The van der Waals surface area contributed by atoms with Crippen LogP contribution in [-0.2, 0) is 9.59 Å². The number of nitrogens with one attached hydrogen (secondary N) is 2. The van der Waals surface area contributed by atoms with Crippen molar-refractivity contribution in [2.24, 2.45) is 5.10 Å². The second kappa shape index (κ2) is 7.16. The predicted octanol–water partition coefficient (Wildman–Crippen LogP) is 0.446. The van der Waals surface area contributed by atoms with Crippen LogP contribution in [0.25, 0.3) is 0 Å². The molecule has 0 aliphatic rings. The molecule has 0 aliphatic carbocycles. The van der Waals surface area contributed by atoms with Crippen molar-refractivity contribution in [2.75, 3.05) is 0 Å². The van der Waals surface area contributed by atoms with Crippen LogP contribution in [0.15, 0.2) is 29.5 Å². The van der Waals surface area contributed by atoms with Crippen LogP contribution in [0.5, 0.6) is 0 Å². The second-order valence-electron chi connectivity index (χ2n) is 3.95. The molecule has 0 saturated heterocycles. The van der Waals surface area contributed by atoms with Crippen LogP contribution in [0.1, 0.15) is 26.0 Å². The van der Waals surface area contributed by atoms with Gasteiger partial charge in [-0.05, 0) is 26.0 Å². The summed E-state index contributed by atoms with van der Waals surface area (Å²) < 4.78 is 0. The van der Waals surface area contributed by atoms with Gasteiger partial charge in [0, 0.05) is 12.2 Å². The van der Waals surface area contributed by atoms with Gasteiger partial charge < -0.3 is 5.32 Å². The van der Waals surface area contributed by atoms with Crippen LogP contribution < -0.4 is 10.7 Å². The smallest absolute Gasteiger partial charge is 0.249 e. The largest absolute Gasteiger partial charge is 0.353 e. The van der Waals surface area contributed by atoms with E-state index in [0.29, 0.717) is 5.69 Å². The van der Waals surface area contributed by atoms with Crippen molar-refractivity contribution < 1.29 is 9.59 Å². The van der Waals surface area contributed by atoms with Gasteiger partial charge in [0.15, 0.2) is 0 Å². The third-order valence-corrected chi connectivity index (χ3v) is 1.84. The van der Waals surface area contributed by atoms with E-state index in [2.05, 4.69) is 20.8 Å². The number of hydrogen-bond donors (Lipinski definition) is 2. The van der Waals surface area contributed by atoms with Crippen LogP contribution >= 0.6 is 0 Å². The zero-order valence-corrected chi connectivity index (χ0v) is 10.4. The molecule has 0 aliphatic heterocycles. The first kappa shape index (κ1) is 13.8. The van der Waals surface area contributed by atoms with Gasteiger partial charge in [-0.1, -0.05) is 6.07 Å². The fourth-order valence-corrected chi connectivity index (χ4v) is 1.18. The number of amides is 2. The average molecular weight is 248 g/mol. The Labute approximate surface area is 105 Å². The molecule has 18 heavy (non-hydrogen) atoms. The van der Waals surface area contributed by atoms with E-state index in [4.69, 9.17) is 0 Å². The van der Waals surface area contributed by atoms with Crippen molar-refractivity contribution in [2.45, 2.75) is 26.3 Å². The summed E-state index contributed by atoms with van der Waals surface area (Å²) in [6.07, 6.45) is 2.80. The molecule has 0 aromatic carbocycles. The van der Waals surface area contributed by atoms with E-state index in [1.807, 2.05) is 19.9 Å². The number of nitrogens with zero attached hydrogens (tertiary/aromatic N) is 2. The Morgan fingerprint density at radius 2 is 2.17 bits per heavy atom. The van der Waals surface area contributed by atoms with E-state index in [1.54, 1.807) is 18.3 Å². The number of carbonyl (C=O) groups is 2. The molecule has 0 atom stereocenters. The van der Waals surface area contributed by atoms with E-state index < -0.39 is 5.91 Å². The summed E-state index contributed by atoms with van der Waals surface area (Å²) in [6, 6.07) is 5.36. The van der Waals surface area contributed by atoms with Crippen LogP contribution in [-0.4, -0.2) is 29.1 Å². The van der Waals surface area contributed by atoms with Crippen LogP contribution in [0, 0.1) is 0 Å². The molecule has 1 aromatic heterocycles. The first-order valence-electron chi connectivity index (χ1n) is 5.60. The summed E-state index contributed by atoms with van der Waals surface area (Å²) in [6.45, 7) is 3.66. The Hall–Kier alpha value is -2.24. The molecule has 1 aromatic rings. The Kier molecular flexibility index (Phi) is 5.50. The van der Waals surface area contributed by atoms with Crippen molar-refractivity contribution in [1.29, 1.82) is 0 Å². The highest BCUT2D eigenvalue weighted by Gasteiger charge is 2.08. The fourth-order valence-electron chi connectivity index (χ4n) is 1.18. The maximum absolute atomic E-state index is 11.3. The van der Waals surface area contributed by atoms with Crippen molar-refractivity contribution in [3.63, 3.8) is 0 Å². The van der Waals surface area contributed by atoms with E-state index in [9.17, 15) is 9.59 Å². The van der Waals surface area contributed by atoms with Gasteiger partial charge in [-0.25, -0.2) is 5.43 Å². The molecule has 1 rings (SSSR count). The number of pyridine rings is 1. The first-order chi connectivity index (χ1) is 8.58. The van der Waals surface area contributed by atoms with Crippen LogP contribution in [0.3, 0.4) is 0 Å². The number of hydrogen-bond acceptors (Lipinski definition) is 4. The zero-order chi connectivity index (χ0) is 13.4. The maximum Gasteiger partial charge on any atom is 0.249 e. The molecule has 6 heteroatoms. The lowest BCUT2D eigenvalue weighted by Gasteiger charge is -2.06. The monoisotopic (exact) mass is 248 g/mol. The summed E-state index contributed by atoms with van der Waals surface area (Å²) >= 11 is 0. The topological polar surface area (TPSA) is 83.5 Å². The number of rotatable bonds is 5. The quantitative estimate of drug-likeness (QED) is 0.451. The van der Waals surface area contributed by atoms with Gasteiger partial charge in [0.2, 0.25) is 11.8 Å². The highest BCUT2D eigenvalue weighted by molar-refractivity contribution is 5.97. The molecular weight excluding hydrogens is 232 g/mol. The Balaban J connectivity index is 2.33. The molecule has 6 nitrogen and oxygen atoms in total. The van der Waals surface area contributed by atoms with E-state index in [1.165, 1.54) is 6.21 Å². The molecular formula is C12H16N4O2. The summed E-state index contributed by atoms with van der Waals surface area (Å²) in [5.74, 6) is -0.782. The predicted molar refractivity (Wildman–Crippen MR) is 67.9 cm³/mol. The standard InChI is InChI=1S/C12H16N4O2/c1-9(2)15-11(17)7-12(18)16-14-8-10-5-3-4-6-13-10/h3-6,8-9H,7H2,1-2H3,(H,15,17)(H,16,18)/b14-8+. The molecule has 1 heterocycles. The van der Waals surface area contributed by atoms with Gasteiger partial charge in [0.1, 0.15) is 6.42 Å². The van der Waals surface area contributed by atoms with Crippen LogP contribution in [0.2, 0.25) is 0 Å². The van der Waals surface area contributed by atoms with Gasteiger partial charge in [-0.2, -0.15) is 5.10 Å². The van der Waals surface area contributed by atoms with Crippen molar-refractivity contribution >= 4 is 18.0 Å². The van der Waals surface area contributed by atoms with Crippen molar-refractivity contribution in [3.05, 3.63) is 30.1 Å². The molecule has 96 valence electrons. The number of hydrazone groups is 1. The number of aromatic nitrogens is 1. The van der Waals surface area contributed by atoms with Crippen LogP contribution in [0.4, 0.5) is 0 Å². The van der Waals surface area contributed by atoms with Gasteiger partial charge in [0.05, 0.1) is 11.9 Å². The summed E-state index contributed by atoms with van der Waals surface area (Å²) in [7, 11) is 0. The molecule has 0 saturated carbocycles. The highest BCUT2D eigenvalue weighted by Crippen LogP contribution is 1.88.